The van der Waals surface area contributed by atoms with Crippen LogP contribution in [0.5, 0.6) is 0 Å². The van der Waals surface area contributed by atoms with Crippen LogP contribution in [0, 0.1) is 20.8 Å². The van der Waals surface area contributed by atoms with Crippen molar-refractivity contribution in [2.45, 2.75) is 77.9 Å². The summed E-state index contributed by atoms with van der Waals surface area (Å²) < 4.78 is 29.3. The Morgan fingerprint density at radius 3 is 2.15 bits per heavy atom. The van der Waals surface area contributed by atoms with E-state index in [4.69, 9.17) is 11.6 Å². The number of sulfonamides is 1. The van der Waals surface area contributed by atoms with Crippen molar-refractivity contribution in [1.29, 1.82) is 0 Å². The largest absolute Gasteiger partial charge is 0.352 e. The number of carbonyl (C=O) groups is 2. The van der Waals surface area contributed by atoms with Crippen LogP contribution >= 0.6 is 11.6 Å². The Hall–Kier alpha value is -3.36. The van der Waals surface area contributed by atoms with Gasteiger partial charge in [-0.3, -0.25) is 13.9 Å². The van der Waals surface area contributed by atoms with Gasteiger partial charge in [-0.15, -0.1) is 0 Å². The molecule has 0 radical (unpaired) electrons. The Kier molecular flexibility index (Phi) is 11.0. The lowest BCUT2D eigenvalue weighted by atomic mass is 10.1. The monoisotopic (exact) mass is 597 g/mol. The summed E-state index contributed by atoms with van der Waals surface area (Å²) in [6, 6.07) is 18.3. The minimum absolute atomic E-state index is 0.0517. The average molecular weight is 598 g/mol. The third-order valence-electron chi connectivity index (χ3n) is 7.21. The van der Waals surface area contributed by atoms with Gasteiger partial charge in [0, 0.05) is 17.6 Å². The highest BCUT2D eigenvalue weighted by molar-refractivity contribution is 7.92. The number of hydrogen-bond donors (Lipinski definition) is 1. The summed E-state index contributed by atoms with van der Waals surface area (Å²) in [6.45, 7) is 10.8. The van der Waals surface area contributed by atoms with Crippen molar-refractivity contribution in [3.8, 4) is 0 Å². The lowest BCUT2D eigenvalue weighted by Gasteiger charge is -2.34. The lowest BCUT2D eigenvalue weighted by Crippen LogP contribution is -2.53. The van der Waals surface area contributed by atoms with E-state index in [1.54, 1.807) is 48.5 Å². The summed E-state index contributed by atoms with van der Waals surface area (Å²) in [6.07, 6.45) is 1.07. The molecule has 3 aromatic carbocycles. The summed E-state index contributed by atoms with van der Waals surface area (Å²) >= 11 is 6.47. The molecule has 0 aliphatic heterocycles. The second-order valence-electron chi connectivity index (χ2n) is 10.5. The van der Waals surface area contributed by atoms with Crippen LogP contribution in [0.2, 0.25) is 5.02 Å². The van der Waals surface area contributed by atoms with E-state index in [1.807, 2.05) is 59.7 Å². The van der Waals surface area contributed by atoms with Gasteiger partial charge in [0.1, 0.15) is 12.6 Å². The lowest BCUT2D eigenvalue weighted by molar-refractivity contribution is -0.140. The number of nitrogens with one attached hydrogen (secondary N) is 1. The van der Waals surface area contributed by atoms with Crippen LogP contribution in [0.4, 0.5) is 5.69 Å². The SMILES string of the molecule is CC[C@H](C)NC(=O)[C@H](CC)N(Cc1ccccc1Cl)C(=O)CN(c1cc(C)ccc1C)S(=O)(=O)c1ccc(C)cc1. The van der Waals surface area contributed by atoms with Crippen molar-refractivity contribution in [2.75, 3.05) is 10.8 Å². The van der Waals surface area contributed by atoms with Crippen LogP contribution < -0.4 is 9.62 Å². The van der Waals surface area contributed by atoms with E-state index in [0.717, 1.165) is 21.9 Å². The average Bonchev–Trinajstić information content (AvgIpc) is 2.94. The molecule has 0 aliphatic carbocycles. The van der Waals surface area contributed by atoms with Gasteiger partial charge >= 0.3 is 0 Å². The number of carbonyl (C=O) groups excluding carboxylic acids is 2. The first-order chi connectivity index (χ1) is 19.4. The zero-order chi connectivity index (χ0) is 30.3. The number of nitrogens with zero attached hydrogens (tertiary/aromatic N) is 2. The number of hydrogen-bond acceptors (Lipinski definition) is 4. The first-order valence-corrected chi connectivity index (χ1v) is 15.7. The van der Waals surface area contributed by atoms with E-state index in [0.29, 0.717) is 28.3 Å². The summed E-state index contributed by atoms with van der Waals surface area (Å²) in [5.74, 6) is -0.797. The summed E-state index contributed by atoms with van der Waals surface area (Å²) in [7, 11) is -4.14. The molecule has 0 aromatic heterocycles. The molecule has 2 atom stereocenters. The molecule has 0 heterocycles. The van der Waals surface area contributed by atoms with Gasteiger partial charge in [-0.1, -0.05) is 73.5 Å². The maximum Gasteiger partial charge on any atom is 0.264 e. The minimum atomic E-state index is -4.14. The molecule has 0 fully saturated rings. The van der Waals surface area contributed by atoms with E-state index in [-0.39, 0.29) is 23.4 Å². The van der Waals surface area contributed by atoms with Crippen molar-refractivity contribution < 1.29 is 18.0 Å². The van der Waals surface area contributed by atoms with Crippen LogP contribution in [0.15, 0.2) is 71.6 Å². The highest BCUT2D eigenvalue weighted by atomic mass is 35.5. The first kappa shape index (κ1) is 32.2. The minimum Gasteiger partial charge on any atom is -0.352 e. The predicted octanol–water partition coefficient (Wildman–Crippen LogP) is 6.18. The first-order valence-electron chi connectivity index (χ1n) is 13.9. The summed E-state index contributed by atoms with van der Waals surface area (Å²) in [5, 5.41) is 3.44. The smallest absolute Gasteiger partial charge is 0.264 e. The van der Waals surface area contributed by atoms with Crippen molar-refractivity contribution in [2.24, 2.45) is 0 Å². The van der Waals surface area contributed by atoms with Crippen molar-refractivity contribution in [3.63, 3.8) is 0 Å². The van der Waals surface area contributed by atoms with E-state index in [2.05, 4.69) is 5.32 Å². The Morgan fingerprint density at radius 1 is 0.902 bits per heavy atom. The normalized spacial score (nSPS) is 12.9. The standard InChI is InChI=1S/C32H40ClN3O4S/c1-7-25(6)34-32(38)29(8-2)35(20-26-11-9-10-12-28(26)33)31(37)21-36(30-19-23(4)13-16-24(30)5)41(39,40)27-17-14-22(3)15-18-27/h9-19,25,29H,7-8,20-21H2,1-6H3,(H,34,38)/t25-,29-/m0/s1. The summed E-state index contributed by atoms with van der Waals surface area (Å²) in [4.78, 5) is 29.2. The van der Waals surface area contributed by atoms with Crippen LogP contribution in [-0.2, 0) is 26.2 Å². The molecule has 1 N–H and O–H groups in total. The zero-order valence-electron chi connectivity index (χ0n) is 24.6. The van der Waals surface area contributed by atoms with Crippen molar-refractivity contribution in [3.05, 3.63) is 94.0 Å². The Bertz CT molecular complexity index is 1470. The fraction of sp³-hybridized carbons (Fsp3) is 0.375. The van der Waals surface area contributed by atoms with Gasteiger partial charge in [-0.05, 0) is 81.5 Å². The molecule has 41 heavy (non-hydrogen) atoms. The van der Waals surface area contributed by atoms with E-state index < -0.39 is 28.5 Å². The number of halogens is 1. The topological polar surface area (TPSA) is 86.8 Å². The van der Waals surface area contributed by atoms with Gasteiger partial charge in [-0.25, -0.2) is 8.42 Å². The third-order valence-corrected chi connectivity index (χ3v) is 9.35. The van der Waals surface area contributed by atoms with E-state index >= 15 is 0 Å². The van der Waals surface area contributed by atoms with Gasteiger partial charge in [0.05, 0.1) is 10.6 Å². The second-order valence-corrected chi connectivity index (χ2v) is 12.7. The molecule has 2 amide bonds. The Labute approximate surface area is 249 Å². The predicted molar refractivity (Wildman–Crippen MR) is 166 cm³/mol. The van der Waals surface area contributed by atoms with Gasteiger partial charge in [-0.2, -0.15) is 0 Å². The molecule has 0 saturated carbocycles. The number of rotatable bonds is 12. The fourth-order valence-corrected chi connectivity index (χ4v) is 6.18. The van der Waals surface area contributed by atoms with Crippen molar-refractivity contribution >= 4 is 39.1 Å². The fourth-order valence-electron chi connectivity index (χ4n) is 4.51. The van der Waals surface area contributed by atoms with Crippen LogP contribution in [-0.4, -0.2) is 43.8 Å². The Balaban J connectivity index is 2.11. The Morgan fingerprint density at radius 2 is 1.54 bits per heavy atom. The molecule has 0 unspecified atom stereocenters. The maximum absolute atomic E-state index is 14.2. The van der Waals surface area contributed by atoms with Gasteiger partial charge in [0.2, 0.25) is 11.8 Å². The molecule has 9 heteroatoms. The third kappa shape index (κ3) is 7.89. The highest BCUT2D eigenvalue weighted by Gasteiger charge is 2.34. The number of amides is 2. The highest BCUT2D eigenvalue weighted by Crippen LogP contribution is 2.29. The van der Waals surface area contributed by atoms with Gasteiger partial charge in [0.15, 0.2) is 0 Å². The van der Waals surface area contributed by atoms with Crippen molar-refractivity contribution in [1.82, 2.24) is 10.2 Å². The van der Waals surface area contributed by atoms with Gasteiger partial charge < -0.3 is 10.2 Å². The maximum atomic E-state index is 14.2. The number of benzene rings is 3. The molecule has 220 valence electrons. The zero-order valence-corrected chi connectivity index (χ0v) is 26.2. The van der Waals surface area contributed by atoms with Crippen LogP contribution in [0.1, 0.15) is 55.9 Å². The molecule has 3 aromatic rings. The molecule has 7 nitrogen and oxygen atoms in total. The number of aryl methyl sites for hydroxylation is 3. The quantitative estimate of drug-likeness (QED) is 0.270. The molecule has 0 bridgehead atoms. The summed E-state index contributed by atoms with van der Waals surface area (Å²) in [5.41, 5.74) is 3.56. The molecule has 0 saturated heterocycles. The number of anilines is 1. The second kappa shape index (κ2) is 14.0. The molecular weight excluding hydrogens is 558 g/mol. The van der Waals surface area contributed by atoms with E-state index in [9.17, 15) is 18.0 Å². The molecule has 0 aliphatic rings. The van der Waals surface area contributed by atoms with E-state index in [1.165, 1.54) is 4.90 Å². The van der Waals surface area contributed by atoms with Crippen LogP contribution in [0.25, 0.3) is 0 Å². The molecular formula is C32H40ClN3O4S. The molecule has 3 rings (SSSR count). The van der Waals surface area contributed by atoms with Gasteiger partial charge in [0.25, 0.3) is 10.0 Å². The molecule has 0 spiro atoms. The van der Waals surface area contributed by atoms with Crippen LogP contribution in [0.3, 0.4) is 0 Å².